The molecule has 0 spiro atoms. The SMILES string of the molecule is O=C(OC(=O)[C@@H]1CCCN1C(=O)[C@@H]1C[C@@H](O)CN1)[C@@H]1CCCN1C(=O)[C@@H]1C[C@@H](O)CN1. The zero-order valence-corrected chi connectivity index (χ0v) is 17.4. The molecule has 4 rings (SSSR count). The summed E-state index contributed by atoms with van der Waals surface area (Å²) in [4.78, 5) is 53.8. The van der Waals surface area contributed by atoms with Gasteiger partial charge in [-0.15, -0.1) is 0 Å². The molecule has 0 bridgehead atoms. The number of esters is 2. The number of aliphatic hydroxyl groups is 2. The first-order chi connectivity index (χ1) is 14.8. The number of rotatable bonds is 4. The predicted molar refractivity (Wildman–Crippen MR) is 105 cm³/mol. The van der Waals surface area contributed by atoms with Crippen LogP contribution in [0.25, 0.3) is 0 Å². The fraction of sp³-hybridized carbons (Fsp3) is 0.800. The van der Waals surface area contributed by atoms with Crippen LogP contribution in [0.5, 0.6) is 0 Å². The summed E-state index contributed by atoms with van der Waals surface area (Å²) in [5.74, 6) is -2.09. The number of nitrogens with one attached hydrogen (secondary N) is 2. The Balaban J connectivity index is 1.35. The highest BCUT2D eigenvalue weighted by molar-refractivity contribution is 5.96. The molecule has 172 valence electrons. The first kappa shape index (κ1) is 22.1. The summed E-state index contributed by atoms with van der Waals surface area (Å²) >= 11 is 0. The molecule has 0 saturated carbocycles. The molecule has 0 aromatic heterocycles. The second-order valence-corrected chi connectivity index (χ2v) is 8.82. The first-order valence-corrected chi connectivity index (χ1v) is 11.0. The van der Waals surface area contributed by atoms with Crippen LogP contribution >= 0.6 is 0 Å². The minimum absolute atomic E-state index is 0.271. The number of aliphatic hydroxyl groups excluding tert-OH is 2. The highest BCUT2D eigenvalue weighted by Crippen LogP contribution is 2.25. The van der Waals surface area contributed by atoms with Gasteiger partial charge in [0, 0.05) is 26.2 Å². The fourth-order valence-electron chi connectivity index (χ4n) is 5.00. The molecular weight excluding hydrogens is 408 g/mol. The van der Waals surface area contributed by atoms with Gasteiger partial charge in [-0.05, 0) is 38.5 Å². The van der Waals surface area contributed by atoms with E-state index in [-0.39, 0.29) is 11.8 Å². The average Bonchev–Trinajstić information content (AvgIpc) is 3.52. The average molecular weight is 438 g/mol. The van der Waals surface area contributed by atoms with E-state index in [0.717, 1.165) is 0 Å². The van der Waals surface area contributed by atoms with Crippen molar-refractivity contribution < 1.29 is 34.1 Å². The van der Waals surface area contributed by atoms with E-state index in [0.29, 0.717) is 64.7 Å². The van der Waals surface area contributed by atoms with Gasteiger partial charge < -0.3 is 35.4 Å². The molecule has 2 amide bonds. The molecule has 4 N–H and O–H groups in total. The van der Waals surface area contributed by atoms with Crippen molar-refractivity contribution in [3.63, 3.8) is 0 Å². The highest BCUT2D eigenvalue weighted by atomic mass is 16.6. The Hall–Kier alpha value is -2.08. The molecule has 4 aliphatic rings. The molecule has 11 heteroatoms. The number of likely N-dealkylation sites (tertiary alicyclic amines) is 2. The van der Waals surface area contributed by atoms with Crippen LogP contribution in [0.1, 0.15) is 38.5 Å². The van der Waals surface area contributed by atoms with Gasteiger partial charge in [0.05, 0.1) is 24.3 Å². The largest absolute Gasteiger partial charge is 0.392 e. The van der Waals surface area contributed by atoms with E-state index in [9.17, 15) is 29.4 Å². The lowest BCUT2D eigenvalue weighted by molar-refractivity contribution is -0.169. The lowest BCUT2D eigenvalue weighted by Crippen LogP contribution is -2.51. The molecule has 4 saturated heterocycles. The van der Waals surface area contributed by atoms with Gasteiger partial charge >= 0.3 is 11.9 Å². The lowest BCUT2D eigenvalue weighted by Gasteiger charge is -2.28. The van der Waals surface area contributed by atoms with Crippen molar-refractivity contribution in [3.05, 3.63) is 0 Å². The van der Waals surface area contributed by atoms with Crippen LogP contribution in [0.15, 0.2) is 0 Å². The Kier molecular flexibility index (Phi) is 6.56. The van der Waals surface area contributed by atoms with Gasteiger partial charge in [-0.1, -0.05) is 0 Å². The quantitative estimate of drug-likeness (QED) is 0.276. The number of carbonyl (C=O) groups excluding carboxylic acids is 4. The van der Waals surface area contributed by atoms with Gasteiger partial charge in [0.1, 0.15) is 12.1 Å². The standard InChI is InChI=1S/C20H30N4O7/c25-11-7-13(21-9-11)17(27)23-5-1-3-15(23)19(29)31-20(30)16-4-2-6-24(16)18(28)14-8-12(26)10-22-14/h11-16,21-22,25-26H,1-10H2/t11-,12-,13+,14+,15+,16+/m1/s1. The van der Waals surface area contributed by atoms with Crippen LogP contribution in [-0.4, -0.2) is 106 Å². The van der Waals surface area contributed by atoms with E-state index >= 15 is 0 Å². The van der Waals surface area contributed by atoms with Crippen LogP contribution in [0.3, 0.4) is 0 Å². The first-order valence-electron chi connectivity index (χ1n) is 11.0. The van der Waals surface area contributed by atoms with E-state index in [2.05, 4.69) is 10.6 Å². The van der Waals surface area contributed by atoms with Gasteiger partial charge in [0.15, 0.2) is 0 Å². The van der Waals surface area contributed by atoms with E-state index in [1.54, 1.807) is 0 Å². The Labute approximate surface area is 180 Å². The number of β-amino-alcohol motifs (C(OH)–C–C–N with tert-alkyl or cyclic N) is 2. The van der Waals surface area contributed by atoms with E-state index < -0.39 is 48.3 Å². The van der Waals surface area contributed by atoms with Gasteiger partial charge in [-0.3, -0.25) is 9.59 Å². The zero-order valence-electron chi connectivity index (χ0n) is 17.4. The molecular formula is C20H30N4O7. The molecule has 4 aliphatic heterocycles. The molecule has 6 atom stereocenters. The normalized spacial score (nSPS) is 35.5. The fourth-order valence-corrected chi connectivity index (χ4v) is 5.00. The molecule has 4 heterocycles. The third kappa shape index (κ3) is 4.59. The van der Waals surface area contributed by atoms with Crippen LogP contribution in [0, 0.1) is 0 Å². The van der Waals surface area contributed by atoms with Crippen LogP contribution < -0.4 is 10.6 Å². The third-order valence-corrected chi connectivity index (χ3v) is 6.63. The van der Waals surface area contributed by atoms with Gasteiger partial charge in [-0.2, -0.15) is 0 Å². The zero-order chi connectivity index (χ0) is 22.1. The molecule has 0 radical (unpaired) electrons. The Morgan fingerprint density at radius 3 is 1.52 bits per heavy atom. The molecule has 0 aromatic carbocycles. The highest BCUT2D eigenvalue weighted by Gasteiger charge is 2.44. The van der Waals surface area contributed by atoms with Gasteiger partial charge in [-0.25, -0.2) is 9.59 Å². The van der Waals surface area contributed by atoms with Crippen LogP contribution in [0.2, 0.25) is 0 Å². The molecule has 0 aromatic rings. The maximum Gasteiger partial charge on any atom is 0.336 e. The molecule has 11 nitrogen and oxygen atoms in total. The summed E-state index contributed by atoms with van der Waals surface area (Å²) in [7, 11) is 0. The van der Waals surface area contributed by atoms with Crippen molar-refractivity contribution in [1.82, 2.24) is 20.4 Å². The maximum absolute atomic E-state index is 12.7. The maximum atomic E-state index is 12.7. The molecule has 4 fully saturated rings. The lowest BCUT2D eigenvalue weighted by atomic mass is 10.1. The van der Waals surface area contributed by atoms with Crippen molar-refractivity contribution >= 4 is 23.8 Å². The second kappa shape index (κ2) is 9.19. The van der Waals surface area contributed by atoms with Crippen molar-refractivity contribution in [1.29, 1.82) is 0 Å². The number of nitrogens with zero attached hydrogens (tertiary/aromatic N) is 2. The number of hydrogen-bond donors (Lipinski definition) is 4. The van der Waals surface area contributed by atoms with E-state index in [1.807, 2.05) is 0 Å². The molecule has 0 aliphatic carbocycles. The van der Waals surface area contributed by atoms with Crippen molar-refractivity contribution in [2.24, 2.45) is 0 Å². The monoisotopic (exact) mass is 438 g/mol. The second-order valence-electron chi connectivity index (χ2n) is 8.82. The van der Waals surface area contributed by atoms with Crippen molar-refractivity contribution in [2.75, 3.05) is 26.2 Å². The van der Waals surface area contributed by atoms with Crippen molar-refractivity contribution in [3.8, 4) is 0 Å². The van der Waals surface area contributed by atoms with Gasteiger partial charge in [0.25, 0.3) is 0 Å². The molecule has 0 unspecified atom stereocenters. The number of hydrogen-bond acceptors (Lipinski definition) is 9. The molecule has 31 heavy (non-hydrogen) atoms. The Morgan fingerprint density at radius 1 is 0.742 bits per heavy atom. The predicted octanol–water partition coefficient (Wildman–Crippen LogP) is -2.52. The Morgan fingerprint density at radius 2 is 1.16 bits per heavy atom. The van der Waals surface area contributed by atoms with E-state index in [1.165, 1.54) is 9.80 Å². The van der Waals surface area contributed by atoms with Crippen LogP contribution in [0.4, 0.5) is 0 Å². The number of amides is 2. The van der Waals surface area contributed by atoms with Gasteiger partial charge in [0.2, 0.25) is 11.8 Å². The Bertz CT molecular complexity index is 687. The smallest absolute Gasteiger partial charge is 0.336 e. The minimum atomic E-state index is -0.840. The minimum Gasteiger partial charge on any atom is -0.392 e. The third-order valence-electron chi connectivity index (χ3n) is 6.63. The summed E-state index contributed by atoms with van der Waals surface area (Å²) in [5, 5.41) is 25.2. The summed E-state index contributed by atoms with van der Waals surface area (Å²) in [5.41, 5.74) is 0. The van der Waals surface area contributed by atoms with E-state index in [4.69, 9.17) is 4.74 Å². The summed E-state index contributed by atoms with van der Waals surface area (Å²) < 4.78 is 5.14. The summed E-state index contributed by atoms with van der Waals surface area (Å²) in [6.45, 7) is 1.45. The number of carbonyl (C=O) groups is 4. The summed E-state index contributed by atoms with van der Waals surface area (Å²) in [6.07, 6.45) is 1.46. The number of ether oxygens (including phenoxy) is 1. The topological polar surface area (TPSA) is 149 Å². The van der Waals surface area contributed by atoms with Crippen LogP contribution in [-0.2, 0) is 23.9 Å². The summed E-state index contributed by atoms with van der Waals surface area (Å²) in [6, 6.07) is -2.77. The van der Waals surface area contributed by atoms with Crippen molar-refractivity contribution in [2.45, 2.75) is 74.9 Å².